The van der Waals surface area contributed by atoms with E-state index in [1.54, 1.807) is 19.9 Å². The number of halogens is 2. The Kier molecular flexibility index (Phi) is 5.38. The normalized spacial score (nSPS) is 10.7. The highest BCUT2D eigenvalue weighted by molar-refractivity contribution is 7.99. The summed E-state index contributed by atoms with van der Waals surface area (Å²) in [4.78, 5) is 24.2. The molecule has 0 saturated heterocycles. The Balaban J connectivity index is 1.94. The Morgan fingerprint density at radius 1 is 1.09 bits per heavy atom. The Morgan fingerprint density at radius 3 is 2.22 bits per heavy atom. The molecular formula is C15H14F2N2O3S. The van der Waals surface area contributed by atoms with Crippen molar-refractivity contribution in [3.05, 3.63) is 53.0 Å². The number of carbonyl (C=O) groups is 2. The number of alkyl halides is 2. The van der Waals surface area contributed by atoms with Crippen LogP contribution in [0, 0.1) is 13.8 Å². The number of nitrogens with one attached hydrogen (secondary N) is 2. The van der Waals surface area contributed by atoms with Gasteiger partial charge < -0.3 is 4.42 Å². The van der Waals surface area contributed by atoms with Crippen LogP contribution >= 0.6 is 11.8 Å². The van der Waals surface area contributed by atoms with Gasteiger partial charge in [0.15, 0.2) is 0 Å². The van der Waals surface area contributed by atoms with Crippen LogP contribution in [0.25, 0.3) is 0 Å². The molecule has 1 aromatic heterocycles. The fourth-order valence-corrected chi connectivity index (χ4v) is 2.40. The lowest BCUT2D eigenvalue weighted by molar-refractivity contribution is 0.0845. The second kappa shape index (κ2) is 7.28. The third-order valence-electron chi connectivity index (χ3n) is 2.92. The first kappa shape index (κ1) is 17.0. The van der Waals surface area contributed by atoms with Crippen LogP contribution in [0.5, 0.6) is 0 Å². The first-order valence-corrected chi connectivity index (χ1v) is 7.47. The van der Waals surface area contributed by atoms with Crippen molar-refractivity contribution in [2.24, 2.45) is 0 Å². The molecule has 5 nitrogen and oxygen atoms in total. The molecule has 0 atom stereocenters. The second-order valence-electron chi connectivity index (χ2n) is 4.64. The molecule has 0 unspecified atom stereocenters. The minimum absolute atomic E-state index is 0.240. The first-order valence-electron chi connectivity index (χ1n) is 6.59. The minimum Gasteiger partial charge on any atom is -0.466 e. The van der Waals surface area contributed by atoms with Crippen LogP contribution in [-0.2, 0) is 0 Å². The zero-order chi connectivity index (χ0) is 17.0. The van der Waals surface area contributed by atoms with E-state index in [9.17, 15) is 18.4 Å². The van der Waals surface area contributed by atoms with E-state index in [0.29, 0.717) is 33.7 Å². The van der Waals surface area contributed by atoms with Gasteiger partial charge in [-0.1, -0.05) is 11.8 Å². The van der Waals surface area contributed by atoms with E-state index in [-0.39, 0.29) is 5.56 Å². The van der Waals surface area contributed by atoms with Crippen LogP contribution in [0.15, 0.2) is 39.6 Å². The summed E-state index contributed by atoms with van der Waals surface area (Å²) in [5, 5.41) is 0. The SMILES string of the molecule is Cc1cc(C(=O)NNC(=O)c2ccc(SC(F)F)cc2)c(C)o1. The van der Waals surface area contributed by atoms with Crippen LogP contribution in [0.2, 0.25) is 0 Å². The summed E-state index contributed by atoms with van der Waals surface area (Å²) >= 11 is 0.393. The molecular weight excluding hydrogens is 326 g/mol. The van der Waals surface area contributed by atoms with Gasteiger partial charge >= 0.3 is 0 Å². The molecule has 8 heteroatoms. The zero-order valence-electron chi connectivity index (χ0n) is 12.4. The smallest absolute Gasteiger partial charge is 0.288 e. The van der Waals surface area contributed by atoms with Crippen molar-refractivity contribution in [2.75, 3.05) is 0 Å². The molecule has 0 aliphatic carbocycles. The summed E-state index contributed by atoms with van der Waals surface area (Å²) in [5.41, 5.74) is 5.10. The fourth-order valence-electron chi connectivity index (χ4n) is 1.90. The number of furan rings is 1. The molecule has 2 amide bonds. The largest absolute Gasteiger partial charge is 0.466 e. The lowest BCUT2D eigenvalue weighted by Gasteiger charge is -2.07. The van der Waals surface area contributed by atoms with Crippen molar-refractivity contribution in [1.82, 2.24) is 10.9 Å². The third-order valence-corrected chi connectivity index (χ3v) is 3.64. The average molecular weight is 340 g/mol. The summed E-state index contributed by atoms with van der Waals surface area (Å²) < 4.78 is 29.7. The number of rotatable bonds is 4. The predicted octanol–water partition coefficient (Wildman–Crippen LogP) is 3.29. The van der Waals surface area contributed by atoms with Gasteiger partial charge in [0.05, 0.1) is 5.56 Å². The van der Waals surface area contributed by atoms with E-state index in [1.165, 1.54) is 24.3 Å². The molecule has 0 bridgehead atoms. The highest BCUT2D eigenvalue weighted by atomic mass is 32.2. The Hall–Kier alpha value is -2.35. The van der Waals surface area contributed by atoms with Gasteiger partial charge in [0.25, 0.3) is 17.6 Å². The maximum Gasteiger partial charge on any atom is 0.288 e. The maximum atomic E-state index is 12.2. The molecule has 2 N–H and O–H groups in total. The average Bonchev–Trinajstić information content (AvgIpc) is 2.83. The summed E-state index contributed by atoms with van der Waals surface area (Å²) in [7, 11) is 0. The van der Waals surface area contributed by atoms with E-state index in [0.717, 1.165) is 0 Å². The van der Waals surface area contributed by atoms with Gasteiger partial charge in [-0.15, -0.1) is 0 Å². The highest BCUT2D eigenvalue weighted by Crippen LogP contribution is 2.25. The monoisotopic (exact) mass is 340 g/mol. The van der Waals surface area contributed by atoms with Gasteiger partial charge in [-0.25, -0.2) is 0 Å². The lowest BCUT2D eigenvalue weighted by Crippen LogP contribution is -2.41. The Bertz CT molecular complexity index is 714. The van der Waals surface area contributed by atoms with E-state index in [4.69, 9.17) is 4.42 Å². The van der Waals surface area contributed by atoms with Gasteiger partial charge in [-0.05, 0) is 44.2 Å². The Morgan fingerprint density at radius 2 is 1.70 bits per heavy atom. The maximum absolute atomic E-state index is 12.2. The molecule has 0 fully saturated rings. The predicted molar refractivity (Wildman–Crippen MR) is 81.4 cm³/mol. The summed E-state index contributed by atoms with van der Waals surface area (Å²) in [6.45, 7) is 3.35. The minimum atomic E-state index is -2.52. The Labute approximate surface area is 135 Å². The van der Waals surface area contributed by atoms with Gasteiger partial charge in [0.2, 0.25) is 0 Å². The molecule has 23 heavy (non-hydrogen) atoms. The molecule has 1 heterocycles. The molecule has 0 aliphatic heterocycles. The topological polar surface area (TPSA) is 71.3 Å². The van der Waals surface area contributed by atoms with Crippen molar-refractivity contribution >= 4 is 23.6 Å². The number of carbonyl (C=O) groups excluding carboxylic acids is 2. The second-order valence-corrected chi connectivity index (χ2v) is 5.70. The summed E-state index contributed by atoms with van der Waals surface area (Å²) in [6, 6.07) is 7.19. The van der Waals surface area contributed by atoms with Gasteiger partial charge in [0.1, 0.15) is 11.5 Å². The lowest BCUT2D eigenvalue weighted by atomic mass is 10.2. The van der Waals surface area contributed by atoms with Crippen LogP contribution in [-0.4, -0.2) is 17.6 Å². The van der Waals surface area contributed by atoms with Crippen molar-refractivity contribution in [2.45, 2.75) is 24.5 Å². The number of thioether (sulfide) groups is 1. The molecule has 0 saturated carbocycles. The summed E-state index contributed by atoms with van der Waals surface area (Å²) in [5.74, 6) is -2.54. The van der Waals surface area contributed by atoms with Gasteiger partial charge in [-0.2, -0.15) is 8.78 Å². The number of benzene rings is 1. The van der Waals surface area contributed by atoms with E-state index >= 15 is 0 Å². The molecule has 0 radical (unpaired) electrons. The third kappa shape index (κ3) is 4.56. The highest BCUT2D eigenvalue weighted by Gasteiger charge is 2.14. The number of aryl methyl sites for hydroxylation is 2. The zero-order valence-corrected chi connectivity index (χ0v) is 13.2. The molecule has 0 spiro atoms. The number of hydrogen-bond donors (Lipinski definition) is 2. The van der Waals surface area contributed by atoms with Crippen molar-refractivity contribution in [3.8, 4) is 0 Å². The standard InChI is InChI=1S/C15H14F2N2O3S/c1-8-7-12(9(2)22-8)14(21)19-18-13(20)10-3-5-11(6-4-10)23-15(16)17/h3-7,15H,1-2H3,(H,18,20)(H,19,21). The van der Waals surface area contributed by atoms with Crippen LogP contribution in [0.3, 0.4) is 0 Å². The van der Waals surface area contributed by atoms with Crippen LogP contribution in [0.1, 0.15) is 32.2 Å². The van der Waals surface area contributed by atoms with Gasteiger partial charge in [-0.3, -0.25) is 20.4 Å². The number of amides is 2. The quantitative estimate of drug-likeness (QED) is 0.662. The summed E-state index contributed by atoms with van der Waals surface area (Å²) in [6.07, 6.45) is 0. The molecule has 1 aromatic carbocycles. The van der Waals surface area contributed by atoms with Crippen LogP contribution in [0.4, 0.5) is 8.78 Å². The van der Waals surface area contributed by atoms with Gasteiger partial charge in [0, 0.05) is 10.5 Å². The molecule has 122 valence electrons. The molecule has 2 aromatic rings. The number of hydrazine groups is 1. The van der Waals surface area contributed by atoms with Crippen molar-refractivity contribution in [1.29, 1.82) is 0 Å². The first-order chi connectivity index (χ1) is 10.9. The van der Waals surface area contributed by atoms with Crippen LogP contribution < -0.4 is 10.9 Å². The molecule has 0 aliphatic rings. The number of hydrogen-bond acceptors (Lipinski definition) is 4. The fraction of sp³-hybridized carbons (Fsp3) is 0.200. The van der Waals surface area contributed by atoms with E-state index < -0.39 is 17.6 Å². The van der Waals surface area contributed by atoms with E-state index in [1.807, 2.05) is 0 Å². The van der Waals surface area contributed by atoms with E-state index in [2.05, 4.69) is 10.9 Å². The van der Waals surface area contributed by atoms with Crippen molar-refractivity contribution in [3.63, 3.8) is 0 Å². The molecule has 2 rings (SSSR count). The van der Waals surface area contributed by atoms with Crippen molar-refractivity contribution < 1.29 is 22.8 Å².